The lowest BCUT2D eigenvalue weighted by molar-refractivity contribution is 0.0731. The van der Waals surface area contributed by atoms with E-state index >= 15 is 0 Å². The third kappa shape index (κ3) is 2.27. The third-order valence-electron chi connectivity index (χ3n) is 3.68. The van der Waals surface area contributed by atoms with Gasteiger partial charge < -0.3 is 10.6 Å². The van der Waals surface area contributed by atoms with Crippen molar-refractivity contribution in [2.45, 2.75) is 39.8 Å². The molecule has 1 saturated heterocycles. The Bertz CT molecular complexity index is 440. The predicted octanol–water partition coefficient (Wildman–Crippen LogP) is 1.02. The van der Waals surface area contributed by atoms with Crippen LogP contribution in [-0.2, 0) is 6.54 Å². The Balaban J connectivity index is 2.21. The van der Waals surface area contributed by atoms with Gasteiger partial charge >= 0.3 is 0 Å². The lowest BCUT2D eigenvalue weighted by atomic mass is 10.1. The molecule has 1 aliphatic heterocycles. The Labute approximate surface area is 108 Å². The van der Waals surface area contributed by atoms with Crippen LogP contribution in [0.25, 0.3) is 0 Å². The molecule has 1 fully saturated rings. The zero-order valence-electron chi connectivity index (χ0n) is 11.4. The number of carbonyl (C=O) groups is 1. The molecule has 5 nitrogen and oxygen atoms in total. The van der Waals surface area contributed by atoms with Gasteiger partial charge in [0, 0.05) is 19.1 Å². The second-order valence-corrected chi connectivity index (χ2v) is 5.13. The van der Waals surface area contributed by atoms with Crippen molar-refractivity contribution in [1.82, 2.24) is 14.7 Å². The molecule has 18 heavy (non-hydrogen) atoms. The molecule has 2 N–H and O–H groups in total. The summed E-state index contributed by atoms with van der Waals surface area (Å²) in [6, 6.07) is 2.14. The van der Waals surface area contributed by atoms with Gasteiger partial charge in [0.25, 0.3) is 5.91 Å². The van der Waals surface area contributed by atoms with Crippen LogP contribution < -0.4 is 5.73 Å². The highest BCUT2D eigenvalue weighted by Gasteiger charge is 2.33. The van der Waals surface area contributed by atoms with Crippen LogP contribution in [0.1, 0.15) is 36.5 Å². The molecule has 5 heteroatoms. The van der Waals surface area contributed by atoms with Gasteiger partial charge in [-0.1, -0.05) is 0 Å². The van der Waals surface area contributed by atoms with E-state index in [1.54, 1.807) is 4.68 Å². The van der Waals surface area contributed by atoms with Gasteiger partial charge in [-0.25, -0.2) is 0 Å². The number of hydrogen-bond acceptors (Lipinski definition) is 3. The van der Waals surface area contributed by atoms with Gasteiger partial charge in [-0.2, -0.15) is 5.10 Å². The molecule has 0 aromatic carbocycles. The molecule has 2 unspecified atom stereocenters. The van der Waals surface area contributed by atoms with E-state index < -0.39 is 0 Å². The summed E-state index contributed by atoms with van der Waals surface area (Å²) in [5.41, 5.74) is 7.29. The van der Waals surface area contributed by atoms with E-state index in [0.29, 0.717) is 18.2 Å². The molecule has 1 aliphatic rings. The van der Waals surface area contributed by atoms with Crippen LogP contribution in [0.2, 0.25) is 0 Å². The van der Waals surface area contributed by atoms with Crippen LogP contribution in [0.5, 0.6) is 0 Å². The van der Waals surface area contributed by atoms with Crippen molar-refractivity contribution < 1.29 is 4.79 Å². The molecule has 1 amide bonds. The summed E-state index contributed by atoms with van der Waals surface area (Å²) >= 11 is 0. The van der Waals surface area contributed by atoms with E-state index in [1.165, 1.54) is 0 Å². The van der Waals surface area contributed by atoms with Crippen molar-refractivity contribution in [3.8, 4) is 0 Å². The maximum absolute atomic E-state index is 12.5. The average Bonchev–Trinajstić information content (AvgIpc) is 2.91. The second kappa shape index (κ2) is 5.10. The van der Waals surface area contributed by atoms with E-state index in [-0.39, 0.29) is 11.9 Å². The first kappa shape index (κ1) is 13.1. The molecular formula is C13H22N4O. The average molecular weight is 250 g/mol. The summed E-state index contributed by atoms with van der Waals surface area (Å²) in [5, 5.41) is 4.33. The zero-order chi connectivity index (χ0) is 13.3. The van der Waals surface area contributed by atoms with Crippen molar-refractivity contribution >= 4 is 5.91 Å². The minimum Gasteiger partial charge on any atom is -0.334 e. The number of aromatic nitrogens is 2. The molecule has 0 saturated carbocycles. The van der Waals surface area contributed by atoms with Crippen molar-refractivity contribution in [3.05, 3.63) is 17.5 Å². The first-order chi connectivity index (χ1) is 8.56. The monoisotopic (exact) mass is 250 g/mol. The number of likely N-dealkylation sites (tertiary alicyclic amines) is 1. The molecule has 1 aromatic heterocycles. The fraction of sp³-hybridized carbons (Fsp3) is 0.692. The minimum atomic E-state index is 0.0842. The third-order valence-corrected chi connectivity index (χ3v) is 3.68. The molecule has 0 radical (unpaired) electrons. The highest BCUT2D eigenvalue weighted by atomic mass is 16.2. The normalized spacial score (nSPS) is 23.7. The minimum absolute atomic E-state index is 0.0842. The number of nitrogens with zero attached hydrogens (tertiary/aromatic N) is 3. The fourth-order valence-electron chi connectivity index (χ4n) is 2.70. The molecule has 2 rings (SSSR count). The maximum atomic E-state index is 12.5. The van der Waals surface area contributed by atoms with Crippen LogP contribution in [0.15, 0.2) is 6.07 Å². The topological polar surface area (TPSA) is 64.2 Å². The van der Waals surface area contributed by atoms with Crippen LogP contribution in [0.3, 0.4) is 0 Å². The van der Waals surface area contributed by atoms with Gasteiger partial charge in [-0.15, -0.1) is 0 Å². The summed E-state index contributed by atoms with van der Waals surface area (Å²) in [6.45, 7) is 8.15. The summed E-state index contributed by atoms with van der Waals surface area (Å²) in [7, 11) is 0. The van der Waals surface area contributed by atoms with Crippen LogP contribution in [-0.4, -0.2) is 39.7 Å². The standard InChI is InChI=1S/C13H22N4O/c1-4-17-12(5-9(2)15-17)13(18)16-8-11(7-14)6-10(16)3/h5,10-11H,4,6-8,14H2,1-3H3. The summed E-state index contributed by atoms with van der Waals surface area (Å²) in [6.07, 6.45) is 1.00. The number of rotatable bonds is 3. The maximum Gasteiger partial charge on any atom is 0.272 e. The highest BCUT2D eigenvalue weighted by molar-refractivity contribution is 5.93. The van der Waals surface area contributed by atoms with Crippen molar-refractivity contribution in [2.75, 3.05) is 13.1 Å². The number of hydrogen-bond donors (Lipinski definition) is 1. The molecular weight excluding hydrogens is 228 g/mol. The van der Waals surface area contributed by atoms with Crippen molar-refractivity contribution in [2.24, 2.45) is 11.7 Å². The summed E-state index contributed by atoms with van der Waals surface area (Å²) < 4.78 is 1.78. The Hall–Kier alpha value is -1.36. The lowest BCUT2D eigenvalue weighted by Gasteiger charge is -2.21. The van der Waals surface area contributed by atoms with E-state index in [4.69, 9.17) is 5.73 Å². The second-order valence-electron chi connectivity index (χ2n) is 5.13. The number of amides is 1. The smallest absolute Gasteiger partial charge is 0.272 e. The van der Waals surface area contributed by atoms with Gasteiger partial charge in [0.2, 0.25) is 0 Å². The van der Waals surface area contributed by atoms with Crippen LogP contribution in [0.4, 0.5) is 0 Å². The Kier molecular flexibility index (Phi) is 3.71. The predicted molar refractivity (Wildman–Crippen MR) is 70.3 cm³/mol. The molecule has 100 valence electrons. The van der Waals surface area contributed by atoms with Crippen molar-refractivity contribution in [1.29, 1.82) is 0 Å². The summed E-state index contributed by atoms with van der Waals surface area (Å²) in [5.74, 6) is 0.518. The van der Waals surface area contributed by atoms with Crippen LogP contribution >= 0.6 is 0 Å². The zero-order valence-corrected chi connectivity index (χ0v) is 11.4. The molecule has 2 atom stereocenters. The number of aryl methyl sites for hydroxylation is 2. The van der Waals surface area contributed by atoms with Gasteiger partial charge in [-0.05, 0) is 45.7 Å². The quantitative estimate of drug-likeness (QED) is 0.871. The largest absolute Gasteiger partial charge is 0.334 e. The SMILES string of the molecule is CCn1nc(C)cc1C(=O)N1CC(CN)CC1C. The summed E-state index contributed by atoms with van der Waals surface area (Å²) in [4.78, 5) is 14.5. The Morgan fingerprint density at radius 2 is 2.33 bits per heavy atom. The number of nitrogens with two attached hydrogens (primary N) is 1. The Morgan fingerprint density at radius 3 is 2.89 bits per heavy atom. The van der Waals surface area contributed by atoms with E-state index in [2.05, 4.69) is 12.0 Å². The molecule has 0 aliphatic carbocycles. The van der Waals surface area contributed by atoms with Gasteiger partial charge in [0.1, 0.15) is 5.69 Å². The first-order valence-corrected chi connectivity index (χ1v) is 6.62. The molecule has 0 bridgehead atoms. The first-order valence-electron chi connectivity index (χ1n) is 6.62. The van der Waals surface area contributed by atoms with E-state index in [1.807, 2.05) is 24.8 Å². The molecule has 1 aromatic rings. The number of carbonyl (C=O) groups excluding carboxylic acids is 1. The van der Waals surface area contributed by atoms with E-state index in [9.17, 15) is 4.79 Å². The van der Waals surface area contributed by atoms with Gasteiger partial charge in [0.05, 0.1) is 5.69 Å². The van der Waals surface area contributed by atoms with E-state index in [0.717, 1.165) is 25.2 Å². The fourth-order valence-corrected chi connectivity index (χ4v) is 2.70. The van der Waals surface area contributed by atoms with Gasteiger partial charge in [0.15, 0.2) is 0 Å². The Morgan fingerprint density at radius 1 is 1.61 bits per heavy atom. The molecule has 2 heterocycles. The molecule has 0 spiro atoms. The highest BCUT2D eigenvalue weighted by Crippen LogP contribution is 2.24. The van der Waals surface area contributed by atoms with Crippen molar-refractivity contribution in [3.63, 3.8) is 0 Å². The van der Waals surface area contributed by atoms with Crippen LogP contribution in [0, 0.1) is 12.8 Å². The van der Waals surface area contributed by atoms with Gasteiger partial charge in [-0.3, -0.25) is 9.48 Å². The lowest BCUT2D eigenvalue weighted by Crippen LogP contribution is -2.35.